The van der Waals surface area contributed by atoms with Gasteiger partial charge in [0.05, 0.1) is 24.4 Å². The molecule has 9 unspecified atom stereocenters. The van der Waals surface area contributed by atoms with Crippen LogP contribution in [0.15, 0.2) is 36.0 Å². The van der Waals surface area contributed by atoms with Gasteiger partial charge >= 0.3 is 5.97 Å². The largest absolute Gasteiger partial charge is 0.459 e. The molecule has 5 N–H and O–H groups in total. The molecule has 0 spiro atoms. The number of cyclic esters (lactones) is 1. The third-order valence-electron chi connectivity index (χ3n) is 7.55. The first-order valence-electron chi connectivity index (χ1n) is 13.9. The Hall–Kier alpha value is -1.51. The van der Waals surface area contributed by atoms with Gasteiger partial charge in [-0.2, -0.15) is 0 Å². The van der Waals surface area contributed by atoms with Crippen molar-refractivity contribution in [1.82, 2.24) is 0 Å². The zero-order valence-corrected chi connectivity index (χ0v) is 23.7. The van der Waals surface area contributed by atoms with Gasteiger partial charge in [0, 0.05) is 12.5 Å². The van der Waals surface area contributed by atoms with Crippen molar-refractivity contribution in [3.63, 3.8) is 0 Å². The van der Waals surface area contributed by atoms with E-state index in [9.17, 15) is 30.3 Å². The lowest BCUT2D eigenvalue weighted by Gasteiger charge is -2.37. The second-order valence-electron chi connectivity index (χ2n) is 11.5. The van der Waals surface area contributed by atoms with Gasteiger partial charge in [0.15, 0.2) is 0 Å². The number of aliphatic hydroxyl groups is 5. The van der Waals surface area contributed by atoms with Crippen molar-refractivity contribution >= 4 is 5.97 Å². The highest BCUT2D eigenvalue weighted by atomic mass is 16.5. The van der Waals surface area contributed by atoms with Crippen molar-refractivity contribution < 1.29 is 35.1 Å². The third-order valence-corrected chi connectivity index (χ3v) is 7.55. The van der Waals surface area contributed by atoms with E-state index < -0.39 is 29.9 Å². The van der Waals surface area contributed by atoms with Gasteiger partial charge in [-0.1, -0.05) is 57.6 Å². The van der Waals surface area contributed by atoms with Gasteiger partial charge in [-0.25, -0.2) is 4.79 Å². The number of carbonyl (C=O) groups excluding carboxylic acids is 1. The number of carbonyl (C=O) groups is 1. The fourth-order valence-electron chi connectivity index (χ4n) is 5.20. The van der Waals surface area contributed by atoms with E-state index in [0.717, 1.165) is 18.4 Å². The Morgan fingerprint density at radius 1 is 1.11 bits per heavy atom. The fraction of sp³-hybridized carbons (Fsp3) is 0.767. The summed E-state index contributed by atoms with van der Waals surface area (Å²) in [5, 5.41) is 52.5. The van der Waals surface area contributed by atoms with Crippen LogP contribution in [0.4, 0.5) is 0 Å². The third kappa shape index (κ3) is 12.3. The summed E-state index contributed by atoms with van der Waals surface area (Å²) >= 11 is 0. The highest BCUT2D eigenvalue weighted by Gasteiger charge is 2.41. The van der Waals surface area contributed by atoms with Gasteiger partial charge < -0.3 is 30.3 Å². The van der Waals surface area contributed by atoms with E-state index in [0.29, 0.717) is 25.7 Å². The molecule has 0 amide bonds. The van der Waals surface area contributed by atoms with Crippen LogP contribution in [-0.4, -0.2) is 67.6 Å². The number of ether oxygens (including phenoxy) is 1. The Labute approximate surface area is 223 Å². The van der Waals surface area contributed by atoms with Crippen LogP contribution in [0.1, 0.15) is 92.9 Å². The molecular weight excluding hydrogens is 472 g/mol. The van der Waals surface area contributed by atoms with Crippen LogP contribution in [0.5, 0.6) is 0 Å². The van der Waals surface area contributed by atoms with E-state index in [2.05, 4.69) is 19.9 Å². The molecule has 0 fully saturated rings. The standard InChI is InChI=1S/C30H52O7/c1-7-24(31)13-11-14-26-22(4)17-20(2)16-21(3)18-23(5)29(35)30(6,36)27(33)19-25(32)12-9-8-10-15-28(34)37-26/h8-10,15-16,20,22-27,29,31-33,35-36H,7,11-14,17-19H2,1-6H3. The first-order valence-corrected chi connectivity index (χ1v) is 13.9. The topological polar surface area (TPSA) is 127 Å². The maximum absolute atomic E-state index is 12.5. The first kappa shape index (κ1) is 33.5. The molecule has 1 aliphatic rings. The van der Waals surface area contributed by atoms with E-state index in [4.69, 9.17) is 4.74 Å². The van der Waals surface area contributed by atoms with Crippen molar-refractivity contribution in [2.45, 2.75) is 129 Å². The number of aliphatic hydroxyl groups excluding tert-OH is 4. The van der Waals surface area contributed by atoms with Gasteiger partial charge in [0.25, 0.3) is 0 Å². The summed E-state index contributed by atoms with van der Waals surface area (Å²) in [5.74, 6) is -0.435. The molecule has 0 saturated heterocycles. The summed E-state index contributed by atoms with van der Waals surface area (Å²) in [6, 6.07) is 0. The Morgan fingerprint density at radius 3 is 2.43 bits per heavy atom. The summed E-state index contributed by atoms with van der Waals surface area (Å²) in [7, 11) is 0. The van der Waals surface area contributed by atoms with Crippen LogP contribution < -0.4 is 0 Å². The Kier molecular flexibility index (Phi) is 14.9. The summed E-state index contributed by atoms with van der Waals surface area (Å²) in [4.78, 5) is 12.5. The number of hydrogen-bond donors (Lipinski definition) is 5. The zero-order valence-electron chi connectivity index (χ0n) is 23.7. The van der Waals surface area contributed by atoms with Crippen molar-refractivity contribution in [2.24, 2.45) is 17.8 Å². The molecule has 37 heavy (non-hydrogen) atoms. The quantitative estimate of drug-likeness (QED) is 0.269. The Morgan fingerprint density at radius 2 is 1.78 bits per heavy atom. The minimum atomic E-state index is -1.77. The normalized spacial score (nSPS) is 36.5. The molecule has 214 valence electrons. The van der Waals surface area contributed by atoms with E-state index in [-0.39, 0.29) is 42.8 Å². The number of allylic oxidation sites excluding steroid dienone is 4. The molecule has 0 aromatic heterocycles. The van der Waals surface area contributed by atoms with Crippen LogP contribution in [0, 0.1) is 17.8 Å². The molecule has 0 saturated carbocycles. The van der Waals surface area contributed by atoms with E-state index >= 15 is 0 Å². The van der Waals surface area contributed by atoms with Crippen LogP contribution in [0.2, 0.25) is 0 Å². The Balaban J connectivity index is 3.12. The van der Waals surface area contributed by atoms with Gasteiger partial charge in [-0.05, 0) is 76.5 Å². The molecule has 0 bridgehead atoms. The van der Waals surface area contributed by atoms with Crippen molar-refractivity contribution in [2.75, 3.05) is 0 Å². The minimum absolute atomic E-state index is 0.0922. The molecule has 7 nitrogen and oxygen atoms in total. The van der Waals surface area contributed by atoms with Gasteiger partial charge in [-0.15, -0.1) is 0 Å². The van der Waals surface area contributed by atoms with Gasteiger partial charge in [0.2, 0.25) is 0 Å². The molecule has 1 aliphatic heterocycles. The molecule has 1 heterocycles. The lowest BCUT2D eigenvalue weighted by atomic mass is 9.80. The molecule has 9 atom stereocenters. The van der Waals surface area contributed by atoms with Crippen LogP contribution in [0.25, 0.3) is 0 Å². The summed E-state index contributed by atoms with van der Waals surface area (Å²) in [6.45, 7) is 11.4. The molecule has 1 rings (SSSR count). The first-order chi connectivity index (χ1) is 17.3. The Bertz CT molecular complexity index is 757. The maximum atomic E-state index is 12.5. The number of esters is 1. The molecular formula is C30H52O7. The van der Waals surface area contributed by atoms with E-state index in [1.54, 1.807) is 18.2 Å². The number of rotatable bonds is 5. The highest BCUT2D eigenvalue weighted by Crippen LogP contribution is 2.30. The molecule has 0 aromatic carbocycles. The lowest BCUT2D eigenvalue weighted by Crippen LogP contribution is -2.53. The van der Waals surface area contributed by atoms with Gasteiger partial charge in [0.1, 0.15) is 11.7 Å². The molecule has 0 radical (unpaired) electrons. The van der Waals surface area contributed by atoms with Crippen LogP contribution in [-0.2, 0) is 9.53 Å². The molecule has 0 aliphatic carbocycles. The van der Waals surface area contributed by atoms with Crippen LogP contribution in [0.3, 0.4) is 0 Å². The summed E-state index contributed by atoms with van der Waals surface area (Å²) in [5.41, 5.74) is -0.702. The molecule has 0 aromatic rings. The van der Waals surface area contributed by atoms with Crippen molar-refractivity contribution in [3.05, 3.63) is 36.0 Å². The second kappa shape index (κ2) is 16.5. The number of hydrogen-bond acceptors (Lipinski definition) is 7. The SMILES string of the molecule is CCC(O)CCCC1OC(=O)C=CC=CCC(O)CC(O)C(C)(O)C(O)C(C)CC(C)=CC(C)CC1C. The van der Waals surface area contributed by atoms with Crippen molar-refractivity contribution in [1.29, 1.82) is 0 Å². The smallest absolute Gasteiger partial charge is 0.331 e. The average Bonchev–Trinajstić information content (AvgIpc) is 2.81. The van der Waals surface area contributed by atoms with Gasteiger partial charge in [-0.3, -0.25) is 0 Å². The predicted molar refractivity (Wildman–Crippen MR) is 147 cm³/mol. The average molecular weight is 525 g/mol. The molecule has 7 heteroatoms. The second-order valence-corrected chi connectivity index (χ2v) is 11.5. The zero-order chi connectivity index (χ0) is 28.2. The van der Waals surface area contributed by atoms with E-state index in [1.165, 1.54) is 13.0 Å². The summed E-state index contributed by atoms with van der Waals surface area (Å²) in [6.07, 6.45) is 8.66. The monoisotopic (exact) mass is 524 g/mol. The lowest BCUT2D eigenvalue weighted by molar-refractivity contribution is -0.157. The highest BCUT2D eigenvalue weighted by molar-refractivity contribution is 5.82. The predicted octanol–water partition coefficient (Wildman–Crippen LogP) is 4.21. The van der Waals surface area contributed by atoms with Crippen LogP contribution >= 0.6 is 0 Å². The van der Waals surface area contributed by atoms with E-state index in [1.807, 2.05) is 20.8 Å². The fourth-order valence-corrected chi connectivity index (χ4v) is 5.20. The summed E-state index contributed by atoms with van der Waals surface area (Å²) < 4.78 is 5.82. The van der Waals surface area contributed by atoms with Crippen molar-refractivity contribution in [3.8, 4) is 0 Å². The minimum Gasteiger partial charge on any atom is -0.459 e. The maximum Gasteiger partial charge on any atom is 0.331 e.